The van der Waals surface area contributed by atoms with Crippen LogP contribution in [0.1, 0.15) is 34.6 Å². The summed E-state index contributed by atoms with van der Waals surface area (Å²) in [5, 5.41) is 9.75. The molecule has 3 nitrogen and oxygen atoms in total. The van der Waals surface area contributed by atoms with Crippen molar-refractivity contribution in [3.63, 3.8) is 0 Å². The monoisotopic (exact) mass is 199 g/mol. The van der Waals surface area contributed by atoms with Crippen molar-refractivity contribution in [2.45, 2.75) is 45.8 Å². The lowest BCUT2D eigenvalue weighted by molar-refractivity contribution is -0.0894. The zero-order chi connectivity index (χ0) is 11.2. The Hall–Kier alpha value is -0.475. The van der Waals surface area contributed by atoms with E-state index in [0.717, 1.165) is 0 Å². The predicted molar refractivity (Wildman–Crippen MR) is 58.0 cm³/mol. The van der Waals surface area contributed by atoms with E-state index in [4.69, 9.17) is 9.39 Å². The van der Waals surface area contributed by atoms with E-state index in [-0.39, 0.29) is 0 Å². The van der Waals surface area contributed by atoms with E-state index in [1.807, 2.05) is 20.8 Å². The smallest absolute Gasteiger partial charge is 0.326 e. The number of hydrogen-bond donors (Lipinski definition) is 1. The second kappa shape index (κ2) is 5.42. The molecule has 0 bridgehead atoms. The summed E-state index contributed by atoms with van der Waals surface area (Å²) in [6.45, 7) is 9.64. The third kappa shape index (κ3) is 4.68. The average Bonchev–Trinajstić information content (AvgIpc) is 2.02. The zero-order valence-corrected chi connectivity index (χ0v) is 9.70. The highest BCUT2D eigenvalue weighted by Gasteiger charge is 2.35. The van der Waals surface area contributed by atoms with Crippen LogP contribution in [0.4, 0.5) is 0 Å². The van der Waals surface area contributed by atoms with Crippen molar-refractivity contribution in [2.24, 2.45) is 0 Å². The van der Waals surface area contributed by atoms with Crippen LogP contribution in [0.25, 0.3) is 0 Å². The second-order valence-corrected chi connectivity index (χ2v) is 4.11. The Labute approximate surface area is 87.4 Å². The highest BCUT2D eigenvalue weighted by Crippen LogP contribution is 2.24. The summed E-state index contributed by atoms with van der Waals surface area (Å²) in [6.07, 6.45) is 1.56. The second-order valence-electron chi connectivity index (χ2n) is 4.11. The van der Waals surface area contributed by atoms with Gasteiger partial charge in [0.1, 0.15) is 0 Å². The first-order valence-electron chi connectivity index (χ1n) is 4.81. The van der Waals surface area contributed by atoms with Crippen LogP contribution >= 0.6 is 0 Å². The molecule has 0 aromatic heterocycles. The molecular weight excluding hydrogens is 179 g/mol. The summed E-state index contributed by atoms with van der Waals surface area (Å²) in [6, 6.07) is 0. The van der Waals surface area contributed by atoms with Crippen LogP contribution in [0.2, 0.25) is 0 Å². The highest BCUT2D eigenvalue weighted by molar-refractivity contribution is 6.34. The summed E-state index contributed by atoms with van der Waals surface area (Å²) in [4.78, 5) is 0. The quantitative estimate of drug-likeness (QED) is 0.522. The van der Waals surface area contributed by atoms with E-state index in [2.05, 4.69) is 0 Å². The first kappa shape index (κ1) is 13.5. The normalized spacial score (nSPS) is 13.3. The molecule has 0 heterocycles. The van der Waals surface area contributed by atoms with Gasteiger partial charge < -0.3 is 14.5 Å². The fraction of sp³-hybridized carbons (Fsp3) is 0.800. The topological polar surface area (TPSA) is 38.7 Å². The SMILES string of the molecule is CCO/C=C/[B]OC(C)(C)C(C)(C)O. The van der Waals surface area contributed by atoms with Crippen molar-refractivity contribution in [3.8, 4) is 0 Å². The van der Waals surface area contributed by atoms with E-state index in [0.29, 0.717) is 6.61 Å². The van der Waals surface area contributed by atoms with E-state index >= 15 is 0 Å². The minimum atomic E-state index is -0.886. The van der Waals surface area contributed by atoms with Gasteiger partial charge in [0, 0.05) is 0 Å². The maximum Gasteiger partial charge on any atom is 0.326 e. The first-order valence-corrected chi connectivity index (χ1v) is 4.81. The molecule has 0 unspecified atom stereocenters. The van der Waals surface area contributed by atoms with Crippen LogP contribution in [-0.4, -0.2) is 30.4 Å². The number of aliphatic hydroxyl groups is 1. The van der Waals surface area contributed by atoms with Crippen LogP contribution in [0.5, 0.6) is 0 Å². The molecule has 0 aliphatic rings. The van der Waals surface area contributed by atoms with Gasteiger partial charge in [-0.2, -0.15) is 0 Å². The highest BCUT2D eigenvalue weighted by atomic mass is 16.5. The van der Waals surface area contributed by atoms with Crippen molar-refractivity contribution in [3.05, 3.63) is 12.2 Å². The van der Waals surface area contributed by atoms with Crippen molar-refractivity contribution < 1.29 is 14.5 Å². The van der Waals surface area contributed by atoms with Gasteiger partial charge in [0.15, 0.2) is 0 Å². The molecule has 0 atom stereocenters. The molecule has 4 heteroatoms. The van der Waals surface area contributed by atoms with Crippen molar-refractivity contribution in [1.82, 2.24) is 0 Å². The van der Waals surface area contributed by atoms with E-state index in [9.17, 15) is 5.11 Å². The summed E-state index contributed by atoms with van der Waals surface area (Å²) in [7, 11) is 1.52. The van der Waals surface area contributed by atoms with Crippen LogP contribution in [-0.2, 0) is 9.39 Å². The molecule has 14 heavy (non-hydrogen) atoms. The van der Waals surface area contributed by atoms with Gasteiger partial charge in [-0.05, 0) is 34.6 Å². The molecule has 0 saturated carbocycles. The van der Waals surface area contributed by atoms with Gasteiger partial charge in [-0.1, -0.05) is 5.98 Å². The van der Waals surface area contributed by atoms with Crippen LogP contribution in [0, 0.1) is 0 Å². The average molecular weight is 199 g/mol. The van der Waals surface area contributed by atoms with Crippen LogP contribution in [0.15, 0.2) is 12.2 Å². The predicted octanol–water partition coefficient (Wildman–Crippen LogP) is 1.68. The van der Waals surface area contributed by atoms with Gasteiger partial charge in [-0.25, -0.2) is 0 Å². The van der Waals surface area contributed by atoms with Gasteiger partial charge in [-0.3, -0.25) is 0 Å². The number of rotatable bonds is 6. The molecule has 0 aliphatic heterocycles. The Balaban J connectivity index is 3.89. The van der Waals surface area contributed by atoms with Crippen molar-refractivity contribution >= 4 is 7.48 Å². The third-order valence-corrected chi connectivity index (χ3v) is 2.26. The van der Waals surface area contributed by atoms with Crippen molar-refractivity contribution in [1.29, 1.82) is 0 Å². The molecule has 0 rings (SSSR count). The Morgan fingerprint density at radius 1 is 1.29 bits per heavy atom. The molecule has 0 spiro atoms. The molecule has 0 aliphatic carbocycles. The molecule has 0 aromatic rings. The largest absolute Gasteiger partial charge is 0.503 e. The van der Waals surface area contributed by atoms with Crippen LogP contribution < -0.4 is 0 Å². The van der Waals surface area contributed by atoms with Gasteiger partial charge in [-0.15, -0.1) is 0 Å². The summed E-state index contributed by atoms with van der Waals surface area (Å²) in [5.74, 6) is 1.66. The van der Waals surface area contributed by atoms with Gasteiger partial charge in [0.25, 0.3) is 0 Å². The molecule has 0 amide bonds. The van der Waals surface area contributed by atoms with E-state index < -0.39 is 11.2 Å². The van der Waals surface area contributed by atoms with E-state index in [1.165, 1.54) is 7.48 Å². The van der Waals surface area contributed by atoms with Gasteiger partial charge in [0.05, 0.1) is 24.1 Å². The van der Waals surface area contributed by atoms with Gasteiger partial charge >= 0.3 is 7.48 Å². The molecule has 1 radical (unpaired) electrons. The number of ether oxygens (including phenoxy) is 1. The lowest BCUT2D eigenvalue weighted by atomic mass is 9.86. The van der Waals surface area contributed by atoms with Crippen LogP contribution in [0.3, 0.4) is 0 Å². The summed E-state index contributed by atoms with van der Waals surface area (Å²) < 4.78 is 10.4. The summed E-state index contributed by atoms with van der Waals surface area (Å²) >= 11 is 0. The number of hydrogen-bond acceptors (Lipinski definition) is 3. The Morgan fingerprint density at radius 3 is 2.29 bits per heavy atom. The molecule has 81 valence electrons. The molecular formula is C10H20BO3. The Bertz CT molecular complexity index is 182. The van der Waals surface area contributed by atoms with E-state index in [1.54, 1.807) is 26.1 Å². The Morgan fingerprint density at radius 2 is 1.86 bits per heavy atom. The van der Waals surface area contributed by atoms with Gasteiger partial charge in [0.2, 0.25) is 0 Å². The standard InChI is InChI=1S/C10H20BO3/c1-6-13-8-7-11-14-10(4,5)9(2,3)12/h7-8,12H,6H2,1-5H3/b8-7+. The zero-order valence-electron chi connectivity index (χ0n) is 9.70. The fourth-order valence-corrected chi connectivity index (χ4v) is 0.537. The molecule has 0 saturated heterocycles. The minimum Gasteiger partial charge on any atom is -0.503 e. The Kier molecular flexibility index (Phi) is 5.23. The maximum atomic E-state index is 9.75. The van der Waals surface area contributed by atoms with Crippen molar-refractivity contribution in [2.75, 3.05) is 6.61 Å². The lowest BCUT2D eigenvalue weighted by Crippen LogP contribution is -2.47. The lowest BCUT2D eigenvalue weighted by Gasteiger charge is -2.37. The minimum absolute atomic E-state index is 0.621. The maximum absolute atomic E-state index is 9.75. The summed E-state index contributed by atoms with van der Waals surface area (Å²) in [5.41, 5.74) is -1.51. The molecule has 0 fully saturated rings. The molecule has 1 N–H and O–H groups in total. The molecule has 0 aromatic carbocycles. The fourth-order valence-electron chi connectivity index (χ4n) is 0.537. The third-order valence-electron chi connectivity index (χ3n) is 2.26. The first-order chi connectivity index (χ1) is 6.31.